The predicted molar refractivity (Wildman–Crippen MR) is 74.1 cm³/mol. The molecule has 19 heavy (non-hydrogen) atoms. The molecule has 0 radical (unpaired) electrons. The highest BCUT2D eigenvalue weighted by Gasteiger charge is 2.45. The van der Waals surface area contributed by atoms with Gasteiger partial charge in [-0.15, -0.1) is 0 Å². The molecule has 3 heterocycles. The van der Waals surface area contributed by atoms with Gasteiger partial charge in [0.2, 0.25) is 0 Å². The lowest BCUT2D eigenvalue weighted by atomic mass is 9.70. The van der Waals surface area contributed by atoms with Gasteiger partial charge in [-0.1, -0.05) is 0 Å². The fourth-order valence-corrected chi connectivity index (χ4v) is 4.66. The third kappa shape index (κ3) is 2.79. The number of rotatable bonds is 4. The summed E-state index contributed by atoms with van der Waals surface area (Å²) in [6, 6.07) is 1.35. The SMILES string of the molecule is O=C(O)CCC[C@@H]1NC[C@H]2CCCN3CCC[C@H]1[C@@H]23. The van der Waals surface area contributed by atoms with Gasteiger partial charge in [-0.25, -0.2) is 0 Å². The van der Waals surface area contributed by atoms with Crippen molar-refractivity contribution in [2.45, 2.75) is 57.0 Å². The molecule has 3 fully saturated rings. The monoisotopic (exact) mass is 266 g/mol. The molecule has 108 valence electrons. The summed E-state index contributed by atoms with van der Waals surface area (Å²) < 4.78 is 0. The van der Waals surface area contributed by atoms with Gasteiger partial charge in [-0.05, 0) is 70.0 Å². The van der Waals surface area contributed by atoms with Crippen molar-refractivity contribution in [2.75, 3.05) is 19.6 Å². The first kappa shape index (κ1) is 13.4. The number of carbonyl (C=O) groups is 1. The molecule has 3 aliphatic heterocycles. The summed E-state index contributed by atoms with van der Waals surface area (Å²) in [5, 5.41) is 12.5. The third-order valence-corrected chi connectivity index (χ3v) is 5.41. The van der Waals surface area contributed by atoms with E-state index in [-0.39, 0.29) is 0 Å². The van der Waals surface area contributed by atoms with E-state index in [0.29, 0.717) is 12.5 Å². The summed E-state index contributed by atoms with van der Waals surface area (Å²) >= 11 is 0. The summed E-state index contributed by atoms with van der Waals surface area (Å²) in [5.41, 5.74) is 0. The molecule has 0 saturated carbocycles. The molecule has 0 unspecified atom stereocenters. The second-order valence-electron chi connectivity index (χ2n) is 6.54. The van der Waals surface area contributed by atoms with Crippen LogP contribution in [0.15, 0.2) is 0 Å². The van der Waals surface area contributed by atoms with Crippen LogP contribution in [-0.2, 0) is 4.79 Å². The lowest BCUT2D eigenvalue weighted by Crippen LogP contribution is -2.63. The van der Waals surface area contributed by atoms with Gasteiger partial charge in [0.25, 0.3) is 0 Å². The standard InChI is InChI=1S/C15H26N2O2/c18-14(19)7-1-6-13-12-5-3-9-17-8-2-4-11(10-16-13)15(12)17/h11-13,15-16H,1-10H2,(H,18,19)/t11-,12-,13+,15-/m1/s1. The number of carboxylic acid groups (broad SMARTS) is 1. The van der Waals surface area contributed by atoms with Crippen molar-refractivity contribution in [3.63, 3.8) is 0 Å². The molecular formula is C15H26N2O2. The lowest BCUT2D eigenvalue weighted by molar-refractivity contribution is -0.137. The van der Waals surface area contributed by atoms with Crippen LogP contribution in [0.25, 0.3) is 0 Å². The highest BCUT2D eigenvalue weighted by molar-refractivity contribution is 5.66. The minimum atomic E-state index is -0.656. The van der Waals surface area contributed by atoms with E-state index in [4.69, 9.17) is 5.11 Å². The van der Waals surface area contributed by atoms with Gasteiger partial charge >= 0.3 is 5.97 Å². The number of aliphatic carboxylic acids is 1. The highest BCUT2D eigenvalue weighted by atomic mass is 16.4. The average Bonchev–Trinajstić information content (AvgIpc) is 2.41. The Kier molecular flexibility index (Phi) is 4.08. The Hall–Kier alpha value is -0.610. The maximum Gasteiger partial charge on any atom is 0.303 e. The number of piperidine rings is 3. The van der Waals surface area contributed by atoms with E-state index in [1.807, 2.05) is 0 Å². The minimum absolute atomic E-state index is 0.322. The second kappa shape index (κ2) is 5.80. The van der Waals surface area contributed by atoms with Gasteiger partial charge in [0, 0.05) is 18.5 Å². The van der Waals surface area contributed by atoms with E-state index in [1.54, 1.807) is 0 Å². The van der Waals surface area contributed by atoms with Gasteiger partial charge in [-0.3, -0.25) is 9.69 Å². The minimum Gasteiger partial charge on any atom is -0.481 e. The molecule has 0 spiro atoms. The van der Waals surface area contributed by atoms with Crippen molar-refractivity contribution >= 4 is 5.97 Å². The first-order chi connectivity index (χ1) is 9.25. The van der Waals surface area contributed by atoms with Crippen molar-refractivity contribution in [1.82, 2.24) is 10.2 Å². The molecule has 4 nitrogen and oxygen atoms in total. The summed E-state index contributed by atoms with van der Waals surface area (Å²) in [6.07, 6.45) is 7.58. The molecule has 3 aliphatic rings. The first-order valence-electron chi connectivity index (χ1n) is 7.95. The Morgan fingerprint density at radius 1 is 1.26 bits per heavy atom. The largest absolute Gasteiger partial charge is 0.481 e. The first-order valence-corrected chi connectivity index (χ1v) is 7.95. The topological polar surface area (TPSA) is 52.6 Å². The van der Waals surface area contributed by atoms with Crippen molar-refractivity contribution in [2.24, 2.45) is 11.8 Å². The van der Waals surface area contributed by atoms with Crippen LogP contribution >= 0.6 is 0 Å². The quantitative estimate of drug-likeness (QED) is 0.813. The number of nitrogens with zero attached hydrogens (tertiary/aromatic N) is 1. The number of hydrogen-bond acceptors (Lipinski definition) is 3. The highest BCUT2D eigenvalue weighted by Crippen LogP contribution is 2.39. The van der Waals surface area contributed by atoms with Crippen molar-refractivity contribution < 1.29 is 9.90 Å². The van der Waals surface area contributed by atoms with E-state index in [0.717, 1.165) is 37.3 Å². The fourth-order valence-electron chi connectivity index (χ4n) is 4.66. The van der Waals surface area contributed by atoms with E-state index in [1.165, 1.54) is 38.8 Å². The molecule has 2 N–H and O–H groups in total. The van der Waals surface area contributed by atoms with Gasteiger partial charge < -0.3 is 10.4 Å². The Bertz CT molecular complexity index is 325. The summed E-state index contributed by atoms with van der Waals surface area (Å²) in [5.74, 6) is 0.952. The molecule has 4 atom stereocenters. The zero-order valence-corrected chi connectivity index (χ0v) is 11.7. The molecule has 0 aromatic heterocycles. The fraction of sp³-hybridized carbons (Fsp3) is 0.933. The van der Waals surface area contributed by atoms with Crippen LogP contribution in [-0.4, -0.2) is 47.7 Å². The van der Waals surface area contributed by atoms with Crippen LogP contribution in [0.5, 0.6) is 0 Å². The molecule has 0 amide bonds. The molecule has 0 aliphatic carbocycles. The molecule has 0 bridgehead atoms. The van der Waals surface area contributed by atoms with Gasteiger partial charge in [0.05, 0.1) is 0 Å². The maximum atomic E-state index is 10.7. The zero-order valence-electron chi connectivity index (χ0n) is 11.7. The number of hydrogen-bond donors (Lipinski definition) is 2. The molecule has 0 aromatic carbocycles. The molecule has 3 rings (SSSR count). The van der Waals surface area contributed by atoms with Crippen LogP contribution in [0, 0.1) is 11.8 Å². The van der Waals surface area contributed by atoms with Crippen LogP contribution in [0.3, 0.4) is 0 Å². The van der Waals surface area contributed by atoms with Gasteiger partial charge in [-0.2, -0.15) is 0 Å². The molecule has 0 aromatic rings. The van der Waals surface area contributed by atoms with Crippen LogP contribution in [0.1, 0.15) is 44.9 Å². The summed E-state index contributed by atoms with van der Waals surface area (Å²) in [4.78, 5) is 13.4. The Morgan fingerprint density at radius 3 is 2.84 bits per heavy atom. The zero-order chi connectivity index (χ0) is 13.2. The smallest absolute Gasteiger partial charge is 0.303 e. The molecule has 3 saturated heterocycles. The van der Waals surface area contributed by atoms with Crippen LogP contribution in [0.4, 0.5) is 0 Å². The van der Waals surface area contributed by atoms with Crippen molar-refractivity contribution in [3.05, 3.63) is 0 Å². The van der Waals surface area contributed by atoms with Crippen LogP contribution < -0.4 is 5.32 Å². The summed E-state index contributed by atoms with van der Waals surface area (Å²) in [7, 11) is 0. The van der Waals surface area contributed by atoms with Crippen molar-refractivity contribution in [1.29, 1.82) is 0 Å². The second-order valence-corrected chi connectivity index (χ2v) is 6.54. The maximum absolute atomic E-state index is 10.7. The average molecular weight is 266 g/mol. The van der Waals surface area contributed by atoms with E-state index in [9.17, 15) is 4.79 Å². The Balaban J connectivity index is 1.62. The Morgan fingerprint density at radius 2 is 2.05 bits per heavy atom. The molecule has 4 heteroatoms. The number of nitrogens with one attached hydrogen (secondary N) is 1. The van der Waals surface area contributed by atoms with Gasteiger partial charge in [0.15, 0.2) is 0 Å². The third-order valence-electron chi connectivity index (χ3n) is 5.41. The predicted octanol–water partition coefficient (Wildman–Crippen LogP) is 1.70. The number of carboxylic acids is 1. The van der Waals surface area contributed by atoms with Crippen LogP contribution in [0.2, 0.25) is 0 Å². The van der Waals surface area contributed by atoms with E-state index >= 15 is 0 Å². The normalized spacial score (nSPS) is 38.7. The Labute approximate surface area is 115 Å². The van der Waals surface area contributed by atoms with E-state index < -0.39 is 5.97 Å². The lowest BCUT2D eigenvalue weighted by Gasteiger charge is -2.54. The van der Waals surface area contributed by atoms with E-state index in [2.05, 4.69) is 10.2 Å². The summed E-state index contributed by atoms with van der Waals surface area (Å²) in [6.45, 7) is 3.73. The molecular weight excluding hydrogens is 240 g/mol. The van der Waals surface area contributed by atoms with Gasteiger partial charge in [0.1, 0.15) is 0 Å². The van der Waals surface area contributed by atoms with Crippen molar-refractivity contribution in [3.8, 4) is 0 Å².